The van der Waals surface area contributed by atoms with Crippen LogP contribution in [0.15, 0.2) is 28.8 Å². The van der Waals surface area contributed by atoms with Crippen molar-refractivity contribution in [2.24, 2.45) is 17.3 Å². The zero-order valence-electron chi connectivity index (χ0n) is 17.1. The molecule has 1 fully saturated rings. The first-order chi connectivity index (χ1) is 13.3. The SMILES string of the molecule is CC(C)(C)C1CC(C(=O)O)CN(Cc2cc(-c3cccc4c3CCC4)no2)C1. The van der Waals surface area contributed by atoms with Crippen LogP contribution in [0.5, 0.6) is 0 Å². The Bertz CT molecular complexity index is 865. The van der Waals surface area contributed by atoms with Gasteiger partial charge >= 0.3 is 5.97 Å². The summed E-state index contributed by atoms with van der Waals surface area (Å²) in [7, 11) is 0. The molecule has 1 aliphatic carbocycles. The van der Waals surface area contributed by atoms with Gasteiger partial charge in [-0.1, -0.05) is 44.1 Å². The summed E-state index contributed by atoms with van der Waals surface area (Å²) in [4.78, 5) is 13.9. The Kier molecular flexibility index (Phi) is 5.04. The molecular formula is C23H30N2O3. The van der Waals surface area contributed by atoms with Gasteiger partial charge in [0.25, 0.3) is 0 Å². The van der Waals surface area contributed by atoms with Crippen molar-refractivity contribution in [3.8, 4) is 11.3 Å². The van der Waals surface area contributed by atoms with Gasteiger partial charge in [-0.25, -0.2) is 0 Å². The molecule has 1 aromatic carbocycles. The lowest BCUT2D eigenvalue weighted by atomic mass is 9.73. The van der Waals surface area contributed by atoms with E-state index < -0.39 is 5.97 Å². The summed E-state index contributed by atoms with van der Waals surface area (Å²) >= 11 is 0. The van der Waals surface area contributed by atoms with Crippen molar-refractivity contribution >= 4 is 5.97 Å². The van der Waals surface area contributed by atoms with E-state index in [-0.39, 0.29) is 11.3 Å². The zero-order valence-corrected chi connectivity index (χ0v) is 17.1. The van der Waals surface area contributed by atoms with Gasteiger partial charge in [-0.3, -0.25) is 9.69 Å². The molecule has 0 radical (unpaired) electrons. The van der Waals surface area contributed by atoms with Gasteiger partial charge in [0.15, 0.2) is 5.76 Å². The molecule has 5 heteroatoms. The van der Waals surface area contributed by atoms with E-state index in [1.54, 1.807) is 0 Å². The first kappa shape index (κ1) is 19.2. The average molecular weight is 383 g/mol. The number of aliphatic carboxylic acids is 1. The smallest absolute Gasteiger partial charge is 0.307 e. The first-order valence-corrected chi connectivity index (χ1v) is 10.3. The van der Waals surface area contributed by atoms with Crippen molar-refractivity contribution in [1.29, 1.82) is 0 Å². The van der Waals surface area contributed by atoms with Crippen molar-refractivity contribution in [3.63, 3.8) is 0 Å². The molecule has 150 valence electrons. The van der Waals surface area contributed by atoms with Crippen molar-refractivity contribution < 1.29 is 14.4 Å². The molecule has 1 aromatic heterocycles. The van der Waals surface area contributed by atoms with Crippen molar-refractivity contribution in [1.82, 2.24) is 10.1 Å². The maximum atomic E-state index is 11.7. The second-order valence-corrected chi connectivity index (χ2v) is 9.50. The monoisotopic (exact) mass is 382 g/mol. The van der Waals surface area contributed by atoms with Gasteiger partial charge in [0.1, 0.15) is 5.69 Å². The van der Waals surface area contributed by atoms with Crippen LogP contribution in [0.25, 0.3) is 11.3 Å². The minimum Gasteiger partial charge on any atom is -0.481 e. The molecule has 1 saturated heterocycles. The van der Waals surface area contributed by atoms with Crippen LogP contribution in [-0.2, 0) is 24.2 Å². The minimum absolute atomic E-state index is 0.0868. The number of likely N-dealkylation sites (tertiary alicyclic amines) is 1. The molecule has 2 heterocycles. The number of aryl methyl sites for hydroxylation is 1. The number of hydrogen-bond acceptors (Lipinski definition) is 4. The molecule has 2 atom stereocenters. The molecule has 0 amide bonds. The Morgan fingerprint density at radius 1 is 1.29 bits per heavy atom. The Morgan fingerprint density at radius 3 is 2.86 bits per heavy atom. The van der Waals surface area contributed by atoms with Crippen LogP contribution < -0.4 is 0 Å². The molecule has 0 bridgehead atoms. The number of rotatable bonds is 4. The molecule has 28 heavy (non-hydrogen) atoms. The number of nitrogens with zero attached hydrogens (tertiary/aromatic N) is 2. The Hall–Kier alpha value is -2.14. The number of carboxylic acids is 1. The molecule has 2 unspecified atom stereocenters. The fourth-order valence-corrected chi connectivity index (χ4v) is 4.72. The molecule has 0 saturated carbocycles. The van der Waals surface area contributed by atoms with Gasteiger partial charge in [-0.05, 0) is 48.1 Å². The van der Waals surface area contributed by atoms with E-state index in [0.717, 1.165) is 37.3 Å². The number of carbonyl (C=O) groups is 1. The summed E-state index contributed by atoms with van der Waals surface area (Å²) in [6.07, 6.45) is 4.20. The second kappa shape index (κ2) is 7.36. The normalized spacial score (nSPS) is 23.0. The maximum absolute atomic E-state index is 11.7. The van der Waals surface area contributed by atoms with Crippen LogP contribution in [0.2, 0.25) is 0 Å². The minimum atomic E-state index is -0.697. The predicted octanol–water partition coefficient (Wildman–Crippen LogP) is 4.40. The van der Waals surface area contributed by atoms with Crippen LogP contribution in [0.1, 0.15) is 50.5 Å². The highest BCUT2D eigenvalue weighted by atomic mass is 16.5. The predicted molar refractivity (Wildman–Crippen MR) is 108 cm³/mol. The lowest BCUT2D eigenvalue weighted by Gasteiger charge is -2.41. The molecule has 1 aliphatic heterocycles. The van der Waals surface area contributed by atoms with E-state index in [0.29, 0.717) is 19.0 Å². The lowest BCUT2D eigenvalue weighted by molar-refractivity contribution is -0.145. The molecule has 0 spiro atoms. The van der Waals surface area contributed by atoms with E-state index in [9.17, 15) is 9.90 Å². The van der Waals surface area contributed by atoms with Crippen LogP contribution in [0.3, 0.4) is 0 Å². The largest absolute Gasteiger partial charge is 0.481 e. The summed E-state index contributed by atoms with van der Waals surface area (Å²) in [5.41, 5.74) is 4.99. The Morgan fingerprint density at radius 2 is 2.11 bits per heavy atom. The van der Waals surface area contributed by atoms with E-state index >= 15 is 0 Å². The number of piperidine rings is 1. The van der Waals surface area contributed by atoms with Crippen LogP contribution in [0, 0.1) is 17.3 Å². The topological polar surface area (TPSA) is 66.6 Å². The summed E-state index contributed by atoms with van der Waals surface area (Å²) in [5.74, 6) is 0.140. The van der Waals surface area contributed by atoms with Crippen molar-refractivity contribution in [2.45, 2.75) is 53.0 Å². The van der Waals surface area contributed by atoms with Gasteiger partial charge in [0.2, 0.25) is 0 Å². The third-order valence-corrected chi connectivity index (χ3v) is 6.46. The van der Waals surface area contributed by atoms with Crippen molar-refractivity contribution in [3.05, 3.63) is 41.2 Å². The van der Waals surface area contributed by atoms with Gasteiger partial charge in [0, 0.05) is 24.7 Å². The number of carboxylic acid groups (broad SMARTS) is 1. The van der Waals surface area contributed by atoms with E-state index in [2.05, 4.69) is 49.0 Å². The lowest BCUT2D eigenvalue weighted by Crippen LogP contribution is -2.46. The van der Waals surface area contributed by atoms with Crippen LogP contribution in [0.4, 0.5) is 0 Å². The molecule has 1 N–H and O–H groups in total. The third kappa shape index (κ3) is 3.86. The highest BCUT2D eigenvalue weighted by Gasteiger charge is 2.37. The van der Waals surface area contributed by atoms with E-state index in [1.165, 1.54) is 23.1 Å². The number of fused-ring (bicyclic) bond motifs is 1. The summed E-state index contributed by atoms with van der Waals surface area (Å²) in [6.45, 7) is 8.66. The summed E-state index contributed by atoms with van der Waals surface area (Å²) in [5, 5.41) is 13.9. The van der Waals surface area contributed by atoms with Gasteiger partial charge < -0.3 is 9.63 Å². The molecule has 5 nitrogen and oxygen atoms in total. The van der Waals surface area contributed by atoms with Gasteiger partial charge in [-0.2, -0.15) is 0 Å². The third-order valence-electron chi connectivity index (χ3n) is 6.46. The fourth-order valence-electron chi connectivity index (χ4n) is 4.72. The fraction of sp³-hybridized carbons (Fsp3) is 0.565. The highest BCUT2D eigenvalue weighted by molar-refractivity contribution is 5.70. The quantitative estimate of drug-likeness (QED) is 0.849. The zero-order chi connectivity index (χ0) is 19.9. The number of benzene rings is 1. The Balaban J connectivity index is 1.52. The first-order valence-electron chi connectivity index (χ1n) is 10.3. The molecular weight excluding hydrogens is 352 g/mol. The summed E-state index contributed by atoms with van der Waals surface area (Å²) < 4.78 is 5.66. The summed E-state index contributed by atoms with van der Waals surface area (Å²) in [6, 6.07) is 8.47. The highest BCUT2D eigenvalue weighted by Crippen LogP contribution is 2.37. The van der Waals surface area contributed by atoms with Crippen LogP contribution in [-0.4, -0.2) is 34.2 Å². The maximum Gasteiger partial charge on any atom is 0.307 e. The second-order valence-electron chi connectivity index (χ2n) is 9.50. The van der Waals surface area contributed by atoms with Crippen LogP contribution >= 0.6 is 0 Å². The van der Waals surface area contributed by atoms with Gasteiger partial charge in [0.05, 0.1) is 12.5 Å². The standard InChI is InChI=1S/C23H30N2O3/c1-23(2,3)17-10-16(22(26)27)12-25(13-17)14-18-11-21(24-28-18)20-9-5-7-15-6-4-8-19(15)20/h5,7,9,11,16-17H,4,6,8,10,12-14H2,1-3H3,(H,26,27). The number of hydrogen-bond donors (Lipinski definition) is 1. The van der Waals surface area contributed by atoms with E-state index in [1.807, 2.05) is 6.07 Å². The van der Waals surface area contributed by atoms with E-state index in [4.69, 9.17) is 4.52 Å². The Labute approximate surface area is 166 Å². The molecule has 4 rings (SSSR count). The molecule has 2 aliphatic rings. The average Bonchev–Trinajstić information content (AvgIpc) is 3.29. The van der Waals surface area contributed by atoms with Gasteiger partial charge in [-0.15, -0.1) is 0 Å². The van der Waals surface area contributed by atoms with Crippen molar-refractivity contribution in [2.75, 3.05) is 13.1 Å². The molecule has 2 aromatic rings. The number of aromatic nitrogens is 1.